The van der Waals surface area contributed by atoms with Crippen LogP contribution in [0.3, 0.4) is 0 Å². The fourth-order valence-electron chi connectivity index (χ4n) is 3.94. The smallest absolute Gasteiger partial charge is 0.335 e. The Labute approximate surface area is 207 Å². The van der Waals surface area contributed by atoms with E-state index in [4.69, 9.17) is 4.74 Å². The number of carboxylic acids is 1. The summed E-state index contributed by atoms with van der Waals surface area (Å²) in [6.45, 7) is 0.0235. The van der Waals surface area contributed by atoms with Crippen molar-refractivity contribution in [2.24, 2.45) is 0 Å². The van der Waals surface area contributed by atoms with Crippen molar-refractivity contribution in [3.8, 4) is 5.75 Å². The molecule has 0 radical (unpaired) electrons. The van der Waals surface area contributed by atoms with Gasteiger partial charge in [0.25, 0.3) is 5.91 Å². The molecule has 176 valence electrons. The Kier molecular flexibility index (Phi) is 6.40. The number of aromatic carboxylic acids is 1. The first-order valence-electron chi connectivity index (χ1n) is 11.4. The van der Waals surface area contributed by atoms with Crippen molar-refractivity contribution in [3.63, 3.8) is 0 Å². The number of carbonyl (C=O) groups excluding carboxylic acids is 1. The molecule has 5 rings (SSSR count). The average Bonchev–Trinajstić information content (AvgIpc) is 2.91. The van der Waals surface area contributed by atoms with Crippen molar-refractivity contribution in [2.45, 2.75) is 0 Å². The van der Waals surface area contributed by atoms with E-state index >= 15 is 0 Å². The van der Waals surface area contributed by atoms with Crippen LogP contribution in [0, 0.1) is 0 Å². The Balaban J connectivity index is 1.44. The van der Waals surface area contributed by atoms with Crippen molar-refractivity contribution in [2.75, 3.05) is 11.9 Å². The highest BCUT2D eigenvalue weighted by Crippen LogP contribution is 2.26. The second-order valence-electron chi connectivity index (χ2n) is 8.23. The van der Waals surface area contributed by atoms with E-state index in [2.05, 4.69) is 10.3 Å². The lowest BCUT2D eigenvalue weighted by atomic mass is 10.1. The zero-order valence-corrected chi connectivity index (χ0v) is 19.2. The number of fused-ring (bicyclic) bond motifs is 2. The molecule has 36 heavy (non-hydrogen) atoms. The highest BCUT2D eigenvalue weighted by Gasteiger charge is 2.13. The number of pyridine rings is 1. The van der Waals surface area contributed by atoms with Crippen LogP contribution >= 0.6 is 0 Å². The lowest BCUT2D eigenvalue weighted by Crippen LogP contribution is -2.19. The van der Waals surface area contributed by atoms with Gasteiger partial charge < -0.3 is 15.2 Å². The van der Waals surface area contributed by atoms with Crippen LogP contribution in [0.5, 0.6) is 5.75 Å². The Morgan fingerprint density at radius 3 is 2.47 bits per heavy atom. The molecule has 6 nitrogen and oxygen atoms in total. The molecule has 4 aromatic carbocycles. The van der Waals surface area contributed by atoms with Gasteiger partial charge >= 0.3 is 5.97 Å². The molecule has 6 heteroatoms. The average molecular weight is 475 g/mol. The summed E-state index contributed by atoms with van der Waals surface area (Å²) in [5.41, 5.74) is 2.73. The number of aromatic nitrogens is 1. The summed E-state index contributed by atoms with van der Waals surface area (Å²) in [6.07, 6.45) is 3.43. The monoisotopic (exact) mass is 474 g/mol. The summed E-state index contributed by atoms with van der Waals surface area (Å²) in [4.78, 5) is 28.9. The van der Waals surface area contributed by atoms with Gasteiger partial charge in [0.2, 0.25) is 0 Å². The molecule has 1 aromatic heterocycles. The molecule has 0 aliphatic rings. The number of amides is 1. The van der Waals surface area contributed by atoms with Gasteiger partial charge in [-0.15, -0.1) is 0 Å². The molecule has 0 fully saturated rings. The number of hydrogen-bond acceptors (Lipinski definition) is 4. The maximum atomic E-state index is 13.3. The number of nitrogens with one attached hydrogen (secondary N) is 1. The third-order valence-electron chi connectivity index (χ3n) is 5.78. The summed E-state index contributed by atoms with van der Waals surface area (Å²) in [5.74, 6) is -0.654. The van der Waals surface area contributed by atoms with Crippen molar-refractivity contribution in [1.29, 1.82) is 0 Å². The van der Waals surface area contributed by atoms with Gasteiger partial charge in [-0.05, 0) is 59.5 Å². The first kappa shape index (κ1) is 22.8. The van der Waals surface area contributed by atoms with Gasteiger partial charge in [0.1, 0.15) is 12.4 Å². The van der Waals surface area contributed by atoms with Crippen LogP contribution < -0.4 is 10.1 Å². The quantitative estimate of drug-likeness (QED) is 0.275. The fourth-order valence-corrected chi connectivity index (χ4v) is 3.94. The number of hydrogen-bond donors (Lipinski definition) is 2. The van der Waals surface area contributed by atoms with E-state index in [-0.39, 0.29) is 18.1 Å². The summed E-state index contributed by atoms with van der Waals surface area (Å²) in [6, 6.07) is 29.3. The van der Waals surface area contributed by atoms with E-state index in [0.717, 1.165) is 21.7 Å². The molecule has 5 aromatic rings. The van der Waals surface area contributed by atoms with E-state index in [1.807, 2.05) is 66.7 Å². The molecule has 1 heterocycles. The van der Waals surface area contributed by atoms with Gasteiger partial charge in [0.15, 0.2) is 0 Å². The fraction of sp³-hybridized carbons (Fsp3) is 0.0333. The molecular weight excluding hydrogens is 452 g/mol. The molecule has 0 spiro atoms. The Hall–Kier alpha value is -4.97. The van der Waals surface area contributed by atoms with Crippen molar-refractivity contribution >= 4 is 45.3 Å². The predicted molar refractivity (Wildman–Crippen MR) is 141 cm³/mol. The van der Waals surface area contributed by atoms with Crippen molar-refractivity contribution in [3.05, 3.63) is 120 Å². The normalized spacial score (nSPS) is 11.4. The first-order chi connectivity index (χ1) is 17.6. The molecule has 0 unspecified atom stereocenters. The van der Waals surface area contributed by atoms with Crippen LogP contribution in [0.1, 0.15) is 15.9 Å². The number of anilines is 1. The molecular formula is C30H22N2O4. The van der Waals surface area contributed by atoms with Crippen LogP contribution in [0.25, 0.3) is 27.8 Å². The maximum absolute atomic E-state index is 13.3. The minimum atomic E-state index is -1.01. The highest BCUT2D eigenvalue weighted by atomic mass is 16.5. The Morgan fingerprint density at radius 2 is 1.64 bits per heavy atom. The minimum Gasteiger partial charge on any atom is -0.488 e. The number of benzene rings is 4. The standard InChI is InChI=1S/C30H22N2O4/c33-29(32-25-14-15-27-23(18-25)7-4-16-31-27)24(17-20-10-12-22(13-11-20)30(34)35)19-36-28-9-3-6-21-5-1-2-8-26(21)28/h1-18H,19H2,(H,32,33)(H,34,35). The van der Waals surface area contributed by atoms with Crippen LogP contribution in [-0.2, 0) is 4.79 Å². The summed E-state index contributed by atoms with van der Waals surface area (Å²) < 4.78 is 6.11. The topological polar surface area (TPSA) is 88.5 Å². The molecule has 1 amide bonds. The number of carboxylic acid groups (broad SMARTS) is 1. The maximum Gasteiger partial charge on any atom is 0.335 e. The van der Waals surface area contributed by atoms with Gasteiger partial charge in [0.05, 0.1) is 16.7 Å². The Morgan fingerprint density at radius 1 is 0.861 bits per heavy atom. The zero-order valence-electron chi connectivity index (χ0n) is 19.2. The van der Waals surface area contributed by atoms with E-state index < -0.39 is 5.97 Å². The van der Waals surface area contributed by atoms with Gasteiger partial charge in [-0.1, -0.05) is 54.6 Å². The summed E-state index contributed by atoms with van der Waals surface area (Å²) in [7, 11) is 0. The van der Waals surface area contributed by atoms with E-state index in [1.54, 1.807) is 30.5 Å². The van der Waals surface area contributed by atoms with E-state index in [1.165, 1.54) is 12.1 Å². The third-order valence-corrected chi connectivity index (χ3v) is 5.78. The lowest BCUT2D eigenvalue weighted by molar-refractivity contribution is -0.113. The Bertz CT molecular complexity index is 1600. The summed E-state index contributed by atoms with van der Waals surface area (Å²) in [5, 5.41) is 15.0. The number of nitrogens with zero attached hydrogens (tertiary/aromatic N) is 1. The van der Waals surface area contributed by atoms with Gasteiger partial charge in [0, 0.05) is 22.7 Å². The molecule has 0 aliphatic heterocycles. The predicted octanol–water partition coefficient (Wildman–Crippen LogP) is 6.19. The lowest BCUT2D eigenvalue weighted by Gasteiger charge is -2.13. The van der Waals surface area contributed by atoms with Gasteiger partial charge in [-0.25, -0.2) is 4.79 Å². The first-order valence-corrected chi connectivity index (χ1v) is 11.4. The van der Waals surface area contributed by atoms with Gasteiger partial charge in [-0.2, -0.15) is 0 Å². The molecule has 0 saturated heterocycles. The van der Waals surface area contributed by atoms with Crippen LogP contribution in [0.4, 0.5) is 5.69 Å². The second kappa shape index (κ2) is 10.1. The SMILES string of the molecule is O=C(Nc1ccc2ncccc2c1)C(=Cc1ccc(C(=O)O)cc1)COc1cccc2ccccc12. The summed E-state index contributed by atoms with van der Waals surface area (Å²) >= 11 is 0. The molecule has 0 saturated carbocycles. The minimum absolute atomic E-state index is 0.0235. The molecule has 0 atom stereocenters. The second-order valence-corrected chi connectivity index (χ2v) is 8.23. The molecule has 2 N–H and O–H groups in total. The number of carbonyl (C=O) groups is 2. The van der Waals surface area contributed by atoms with Crippen molar-refractivity contribution < 1.29 is 19.4 Å². The number of ether oxygens (including phenoxy) is 1. The van der Waals surface area contributed by atoms with Gasteiger partial charge in [-0.3, -0.25) is 9.78 Å². The highest BCUT2D eigenvalue weighted by molar-refractivity contribution is 6.07. The zero-order chi connectivity index (χ0) is 24.9. The molecule has 0 bridgehead atoms. The van der Waals surface area contributed by atoms with E-state index in [9.17, 15) is 14.7 Å². The van der Waals surface area contributed by atoms with Crippen LogP contribution in [0.15, 0.2) is 109 Å². The largest absolute Gasteiger partial charge is 0.488 e. The van der Waals surface area contributed by atoms with E-state index in [0.29, 0.717) is 22.6 Å². The van der Waals surface area contributed by atoms with Crippen LogP contribution in [0.2, 0.25) is 0 Å². The number of rotatable bonds is 7. The molecule has 0 aliphatic carbocycles. The van der Waals surface area contributed by atoms with Crippen molar-refractivity contribution in [1.82, 2.24) is 4.98 Å². The van der Waals surface area contributed by atoms with Crippen LogP contribution in [-0.4, -0.2) is 28.6 Å². The third kappa shape index (κ3) is 5.08.